The first kappa shape index (κ1) is 18.3. The molecule has 1 heterocycles. The fourth-order valence-corrected chi connectivity index (χ4v) is 3.09. The molecule has 1 aliphatic rings. The highest BCUT2D eigenvalue weighted by Gasteiger charge is 2.34. The molecule has 1 fully saturated rings. The fourth-order valence-electron chi connectivity index (χ4n) is 2.57. The average molecular weight is 379 g/mol. The largest absolute Gasteiger partial charge is 0.493 e. The van der Waals surface area contributed by atoms with Crippen LogP contribution in [0, 0.1) is 0 Å². The molecule has 0 radical (unpaired) electrons. The lowest BCUT2D eigenvalue weighted by atomic mass is 10.1. The van der Waals surface area contributed by atoms with E-state index in [1.165, 1.54) is 20.3 Å². The lowest BCUT2D eigenvalue weighted by Crippen LogP contribution is -2.32. The minimum Gasteiger partial charge on any atom is -0.493 e. The Labute approximate surface area is 152 Å². The van der Waals surface area contributed by atoms with Crippen molar-refractivity contribution >= 4 is 16.0 Å². The van der Waals surface area contributed by atoms with Gasteiger partial charge in [-0.15, -0.1) is 0 Å². The number of carbonyl (C=O) groups is 1. The highest BCUT2D eigenvalue weighted by Crippen LogP contribution is 2.33. The van der Waals surface area contributed by atoms with Crippen molar-refractivity contribution in [3.05, 3.63) is 47.9 Å². The van der Waals surface area contributed by atoms with E-state index in [1.807, 2.05) is 0 Å². The van der Waals surface area contributed by atoms with Gasteiger partial charge in [0.05, 0.1) is 19.1 Å². The molecule has 7 nitrogen and oxygen atoms in total. The molecule has 26 heavy (non-hydrogen) atoms. The molecule has 1 aromatic heterocycles. The maximum Gasteiger partial charge on any atom is 0.309 e. The molecule has 1 saturated carbocycles. The van der Waals surface area contributed by atoms with Crippen LogP contribution in [-0.4, -0.2) is 38.1 Å². The summed E-state index contributed by atoms with van der Waals surface area (Å²) in [7, 11) is -2.24. The Morgan fingerprint density at radius 2 is 2.04 bits per heavy atom. The summed E-state index contributed by atoms with van der Waals surface area (Å²) in [5.74, 6) is 0.396. The third-order valence-electron chi connectivity index (χ3n) is 4.13. The Balaban J connectivity index is 1.85. The molecule has 0 N–H and O–H groups in total. The van der Waals surface area contributed by atoms with Crippen LogP contribution in [0.1, 0.15) is 35.9 Å². The molecule has 0 atom stereocenters. The van der Waals surface area contributed by atoms with E-state index < -0.39 is 10.1 Å². The molecule has 3 rings (SSSR count). The molecule has 140 valence electrons. The van der Waals surface area contributed by atoms with Crippen molar-refractivity contribution in [2.45, 2.75) is 32.4 Å². The summed E-state index contributed by atoms with van der Waals surface area (Å²) in [5.41, 5.74) is 0.749. The first-order chi connectivity index (χ1) is 12.4. The molecule has 0 aliphatic heterocycles. The molecule has 1 aliphatic carbocycles. The second-order valence-electron chi connectivity index (χ2n) is 6.06. The molecular formula is C18H21NO6S. The molecule has 0 spiro atoms. The zero-order valence-corrected chi connectivity index (χ0v) is 15.5. The number of hydrogen-bond acceptors (Lipinski definition) is 6. The molecule has 1 amide bonds. The first-order valence-electron chi connectivity index (χ1n) is 8.37. The quantitative estimate of drug-likeness (QED) is 0.656. The minimum absolute atomic E-state index is 0.119. The summed E-state index contributed by atoms with van der Waals surface area (Å²) in [6.45, 7) is 1.83. The molecule has 8 heteroatoms. The van der Waals surface area contributed by atoms with Gasteiger partial charge in [-0.25, -0.2) is 0 Å². The topological polar surface area (TPSA) is 86.1 Å². The van der Waals surface area contributed by atoms with Crippen LogP contribution in [0.2, 0.25) is 0 Å². The number of hydrogen-bond donors (Lipinski definition) is 0. The smallest absolute Gasteiger partial charge is 0.309 e. The Morgan fingerprint density at radius 3 is 2.62 bits per heavy atom. The molecule has 0 unspecified atom stereocenters. The van der Waals surface area contributed by atoms with Crippen LogP contribution in [0.4, 0.5) is 0 Å². The summed E-state index contributed by atoms with van der Waals surface area (Å²) < 4.78 is 39.1. The van der Waals surface area contributed by atoms with E-state index in [9.17, 15) is 13.2 Å². The van der Waals surface area contributed by atoms with E-state index in [2.05, 4.69) is 0 Å². The van der Waals surface area contributed by atoms with Crippen molar-refractivity contribution in [3.63, 3.8) is 0 Å². The van der Waals surface area contributed by atoms with Crippen molar-refractivity contribution in [1.29, 1.82) is 0 Å². The van der Waals surface area contributed by atoms with Gasteiger partial charge in [-0.3, -0.25) is 4.79 Å². The van der Waals surface area contributed by atoms with Crippen molar-refractivity contribution in [3.8, 4) is 11.5 Å². The third kappa shape index (κ3) is 4.19. The van der Waals surface area contributed by atoms with E-state index in [1.54, 1.807) is 35.2 Å². The zero-order valence-electron chi connectivity index (χ0n) is 14.7. The number of methoxy groups -OCH3 is 1. The molecule has 1 aromatic carbocycles. The Hall–Kier alpha value is -2.48. The number of nitrogens with zero attached hydrogens (tertiary/aromatic N) is 1. The van der Waals surface area contributed by atoms with Crippen LogP contribution in [0.15, 0.2) is 41.0 Å². The lowest BCUT2D eigenvalue weighted by molar-refractivity contribution is 0.0697. The van der Waals surface area contributed by atoms with Gasteiger partial charge in [0.1, 0.15) is 0 Å². The highest BCUT2D eigenvalue weighted by molar-refractivity contribution is 7.87. The lowest BCUT2D eigenvalue weighted by Gasteiger charge is -2.22. The minimum atomic E-state index is -3.68. The van der Waals surface area contributed by atoms with Crippen LogP contribution in [0.25, 0.3) is 0 Å². The maximum atomic E-state index is 12.7. The van der Waals surface area contributed by atoms with Gasteiger partial charge in [0, 0.05) is 12.6 Å². The second-order valence-corrected chi connectivity index (χ2v) is 7.92. The van der Waals surface area contributed by atoms with Gasteiger partial charge in [0.25, 0.3) is 5.91 Å². The van der Waals surface area contributed by atoms with Gasteiger partial charge in [-0.05, 0) is 49.6 Å². The van der Waals surface area contributed by atoms with Gasteiger partial charge in [0.2, 0.25) is 0 Å². The third-order valence-corrected chi connectivity index (χ3v) is 5.27. The first-order valence-corrected chi connectivity index (χ1v) is 9.95. The normalized spacial score (nSPS) is 14.1. The van der Waals surface area contributed by atoms with Crippen molar-refractivity contribution in [2.24, 2.45) is 0 Å². The second kappa shape index (κ2) is 7.41. The van der Waals surface area contributed by atoms with Gasteiger partial charge in [-0.2, -0.15) is 8.42 Å². The van der Waals surface area contributed by atoms with Crippen LogP contribution >= 0.6 is 0 Å². The summed E-state index contributed by atoms with van der Waals surface area (Å²) in [6, 6.07) is 8.49. The molecular weight excluding hydrogens is 358 g/mol. The van der Waals surface area contributed by atoms with Crippen LogP contribution in [0.5, 0.6) is 11.5 Å². The predicted molar refractivity (Wildman–Crippen MR) is 94.7 cm³/mol. The number of amides is 1. The Bertz CT molecular complexity index is 871. The van der Waals surface area contributed by atoms with Crippen molar-refractivity contribution in [2.75, 3.05) is 12.9 Å². The number of rotatable bonds is 8. The van der Waals surface area contributed by atoms with E-state index in [-0.39, 0.29) is 29.2 Å². The van der Waals surface area contributed by atoms with Gasteiger partial charge in [0.15, 0.2) is 17.3 Å². The number of carbonyl (C=O) groups excluding carboxylic acids is 1. The fraction of sp³-hybridized carbons (Fsp3) is 0.389. The zero-order chi connectivity index (χ0) is 18.7. The van der Waals surface area contributed by atoms with E-state index in [0.29, 0.717) is 12.3 Å². The van der Waals surface area contributed by atoms with Crippen LogP contribution in [0.3, 0.4) is 0 Å². The SMILES string of the molecule is CCS(=O)(=O)Oc1cc(CN(C(=O)c2ccco2)C2CC2)ccc1OC. The van der Waals surface area contributed by atoms with E-state index in [0.717, 1.165) is 18.4 Å². The predicted octanol–water partition coefficient (Wildman–Crippen LogP) is 2.82. The molecule has 0 bridgehead atoms. The number of furan rings is 1. The maximum absolute atomic E-state index is 12.7. The summed E-state index contributed by atoms with van der Waals surface area (Å²) in [5, 5.41) is 0. The van der Waals surface area contributed by atoms with Crippen molar-refractivity contribution < 1.29 is 26.5 Å². The number of ether oxygens (including phenoxy) is 1. The van der Waals surface area contributed by atoms with Gasteiger partial charge in [-0.1, -0.05) is 6.07 Å². The average Bonchev–Trinajstić information content (AvgIpc) is 3.32. The van der Waals surface area contributed by atoms with Gasteiger partial charge >= 0.3 is 10.1 Å². The van der Waals surface area contributed by atoms with E-state index >= 15 is 0 Å². The Kier molecular flexibility index (Phi) is 5.22. The Morgan fingerprint density at radius 1 is 1.27 bits per heavy atom. The van der Waals surface area contributed by atoms with Crippen LogP contribution < -0.4 is 8.92 Å². The summed E-state index contributed by atoms with van der Waals surface area (Å²) in [6.07, 6.45) is 3.35. The molecule has 0 saturated heterocycles. The van der Waals surface area contributed by atoms with Gasteiger partial charge < -0.3 is 18.2 Å². The summed E-state index contributed by atoms with van der Waals surface area (Å²) in [4.78, 5) is 14.4. The summed E-state index contributed by atoms with van der Waals surface area (Å²) >= 11 is 0. The van der Waals surface area contributed by atoms with Crippen LogP contribution in [-0.2, 0) is 16.7 Å². The van der Waals surface area contributed by atoms with E-state index in [4.69, 9.17) is 13.3 Å². The number of benzene rings is 1. The van der Waals surface area contributed by atoms with Crippen molar-refractivity contribution in [1.82, 2.24) is 4.90 Å². The molecule has 2 aromatic rings. The highest BCUT2D eigenvalue weighted by atomic mass is 32.2. The monoisotopic (exact) mass is 379 g/mol. The standard InChI is InChI=1S/C18H21NO6S/c1-3-26(21,22)25-17-11-13(6-9-15(17)23-2)12-19(14-7-8-14)18(20)16-5-4-10-24-16/h4-6,9-11,14H,3,7-8,12H2,1-2H3.